The molecule has 0 atom stereocenters. The van der Waals surface area contributed by atoms with Crippen molar-refractivity contribution < 1.29 is 4.79 Å². The molecule has 5 rings (SSSR count). The Kier molecular flexibility index (Phi) is 6.43. The average molecular weight is 457 g/mol. The molecule has 0 bridgehead atoms. The van der Waals surface area contributed by atoms with Crippen LogP contribution in [0.3, 0.4) is 0 Å². The summed E-state index contributed by atoms with van der Waals surface area (Å²) in [5, 5.41) is 13.8. The quantitative estimate of drug-likeness (QED) is 0.419. The second kappa shape index (κ2) is 9.79. The van der Waals surface area contributed by atoms with Crippen molar-refractivity contribution in [2.24, 2.45) is 0 Å². The van der Waals surface area contributed by atoms with E-state index < -0.39 is 0 Å². The molecule has 1 fully saturated rings. The van der Waals surface area contributed by atoms with Gasteiger partial charge in [-0.2, -0.15) is 0 Å². The van der Waals surface area contributed by atoms with Gasteiger partial charge < -0.3 is 10.2 Å². The maximum atomic E-state index is 13.9. The van der Waals surface area contributed by atoms with Crippen LogP contribution in [0.5, 0.6) is 0 Å². The molecular weight excluding hydrogens is 424 g/mol. The largest absolute Gasteiger partial charge is 0.381 e. The van der Waals surface area contributed by atoms with Gasteiger partial charge in [-0.1, -0.05) is 49.6 Å². The number of benzene rings is 1. The van der Waals surface area contributed by atoms with E-state index >= 15 is 0 Å². The summed E-state index contributed by atoms with van der Waals surface area (Å²) in [6.45, 7) is 5.31. The number of nitrogens with zero attached hydrogens (tertiary/aromatic N) is 5. The first-order valence-corrected chi connectivity index (χ1v) is 12.5. The van der Waals surface area contributed by atoms with E-state index in [2.05, 4.69) is 33.7 Å². The predicted molar refractivity (Wildman–Crippen MR) is 135 cm³/mol. The van der Waals surface area contributed by atoms with Gasteiger partial charge in [-0.05, 0) is 44.4 Å². The van der Waals surface area contributed by atoms with Crippen molar-refractivity contribution in [2.75, 3.05) is 18.4 Å². The molecule has 1 amide bonds. The molecular formula is C27H32N6O. The van der Waals surface area contributed by atoms with Crippen molar-refractivity contribution in [1.29, 1.82) is 0 Å². The van der Waals surface area contributed by atoms with E-state index in [1.54, 1.807) is 6.20 Å². The molecule has 3 heterocycles. The normalized spacial score (nSPS) is 14.5. The highest BCUT2D eigenvalue weighted by Gasteiger charge is 2.28. The average Bonchev–Trinajstić information content (AvgIpc) is 3.29. The van der Waals surface area contributed by atoms with Crippen LogP contribution >= 0.6 is 0 Å². The summed E-state index contributed by atoms with van der Waals surface area (Å²) in [6.07, 6.45) is 8.32. The number of hydrogen-bond donors (Lipinski definition) is 1. The number of fused-ring (bicyclic) bond motifs is 3. The molecule has 7 nitrogen and oxygen atoms in total. The molecule has 0 unspecified atom stereocenters. The molecule has 0 saturated heterocycles. The lowest BCUT2D eigenvalue weighted by atomic mass is 9.94. The molecule has 0 spiro atoms. The van der Waals surface area contributed by atoms with Crippen molar-refractivity contribution >= 4 is 28.3 Å². The summed E-state index contributed by atoms with van der Waals surface area (Å²) >= 11 is 0. The topological polar surface area (TPSA) is 75.4 Å². The lowest BCUT2D eigenvalue weighted by Gasteiger charge is -2.27. The van der Waals surface area contributed by atoms with Gasteiger partial charge in [0.15, 0.2) is 5.65 Å². The number of anilines is 1. The van der Waals surface area contributed by atoms with Crippen molar-refractivity contribution in [3.8, 4) is 0 Å². The van der Waals surface area contributed by atoms with Gasteiger partial charge in [-0.15, -0.1) is 10.2 Å². The second-order valence-electron chi connectivity index (χ2n) is 9.02. The van der Waals surface area contributed by atoms with Crippen LogP contribution in [-0.2, 0) is 6.42 Å². The number of amides is 1. The number of hydrogen-bond acceptors (Lipinski definition) is 5. The van der Waals surface area contributed by atoms with E-state index in [1.165, 1.54) is 19.3 Å². The van der Waals surface area contributed by atoms with Crippen LogP contribution < -0.4 is 5.32 Å². The minimum atomic E-state index is -0.0160. The number of nitrogens with one attached hydrogen (secondary N) is 1. The molecule has 3 aromatic heterocycles. The third kappa shape index (κ3) is 4.11. The maximum absolute atomic E-state index is 13.9. The summed E-state index contributed by atoms with van der Waals surface area (Å²) in [6, 6.07) is 14.6. The standard InChI is InChI=1S/C27H32N6O/c1-3-32(4-2)27(34)23-24(29-20-14-9-6-10-15-20)21-16-11-17-28-25(21)33-22(30-31-26(23)33)18-19-12-7-5-8-13-19/h5,7-8,11-13,16-17,20,29H,3-4,6,9-10,14-15,18H2,1-2H3. The fourth-order valence-electron chi connectivity index (χ4n) is 5.08. The number of aromatic nitrogens is 4. The van der Waals surface area contributed by atoms with Crippen LogP contribution in [0.4, 0.5) is 5.69 Å². The Morgan fingerprint density at radius 1 is 1.00 bits per heavy atom. The maximum Gasteiger partial charge on any atom is 0.259 e. The van der Waals surface area contributed by atoms with Crippen LogP contribution in [0.15, 0.2) is 48.7 Å². The smallest absolute Gasteiger partial charge is 0.259 e. The van der Waals surface area contributed by atoms with Gasteiger partial charge in [0.1, 0.15) is 17.0 Å². The summed E-state index contributed by atoms with van der Waals surface area (Å²) in [7, 11) is 0. The molecule has 176 valence electrons. The minimum Gasteiger partial charge on any atom is -0.381 e. The minimum absolute atomic E-state index is 0.0160. The summed E-state index contributed by atoms with van der Waals surface area (Å²) in [5.74, 6) is 0.764. The molecule has 34 heavy (non-hydrogen) atoms. The van der Waals surface area contributed by atoms with Crippen LogP contribution in [0, 0.1) is 0 Å². The SMILES string of the molecule is CCN(CC)C(=O)c1c(NC2CCCCC2)c2cccnc2n2c(Cc3ccccc3)nnc12. The first-order chi connectivity index (χ1) is 16.7. The molecule has 1 aromatic carbocycles. The molecule has 1 saturated carbocycles. The first kappa shape index (κ1) is 22.3. The molecule has 4 aromatic rings. The Labute approximate surface area is 200 Å². The molecule has 0 aliphatic heterocycles. The number of carbonyl (C=O) groups excluding carboxylic acids is 1. The zero-order valence-electron chi connectivity index (χ0n) is 20.0. The van der Waals surface area contributed by atoms with Crippen molar-refractivity contribution in [3.63, 3.8) is 0 Å². The number of rotatable bonds is 7. The van der Waals surface area contributed by atoms with Crippen LogP contribution in [0.25, 0.3) is 16.7 Å². The van der Waals surface area contributed by atoms with E-state index in [1.807, 2.05) is 47.4 Å². The van der Waals surface area contributed by atoms with Gasteiger partial charge in [-0.25, -0.2) is 4.98 Å². The van der Waals surface area contributed by atoms with Crippen LogP contribution in [-0.4, -0.2) is 49.5 Å². The van der Waals surface area contributed by atoms with E-state index in [0.29, 0.717) is 36.8 Å². The fraction of sp³-hybridized carbons (Fsp3) is 0.407. The Bertz CT molecular complexity index is 1290. The van der Waals surface area contributed by atoms with Gasteiger partial charge in [0.25, 0.3) is 5.91 Å². The second-order valence-corrected chi connectivity index (χ2v) is 9.02. The van der Waals surface area contributed by atoms with Crippen molar-refractivity contribution in [3.05, 3.63) is 65.6 Å². The summed E-state index contributed by atoms with van der Waals surface area (Å²) in [5.41, 5.74) is 3.94. The molecule has 1 aliphatic carbocycles. The third-order valence-corrected chi connectivity index (χ3v) is 6.89. The zero-order valence-corrected chi connectivity index (χ0v) is 20.0. The van der Waals surface area contributed by atoms with Gasteiger partial charge in [0, 0.05) is 37.1 Å². The monoisotopic (exact) mass is 456 g/mol. The Morgan fingerprint density at radius 3 is 2.50 bits per heavy atom. The van der Waals surface area contributed by atoms with Crippen LogP contribution in [0.2, 0.25) is 0 Å². The number of carbonyl (C=O) groups is 1. The highest BCUT2D eigenvalue weighted by molar-refractivity contribution is 6.12. The molecule has 7 heteroatoms. The van der Waals surface area contributed by atoms with Crippen molar-refractivity contribution in [1.82, 2.24) is 24.5 Å². The molecule has 1 aliphatic rings. The Balaban J connectivity index is 1.74. The summed E-state index contributed by atoms with van der Waals surface area (Å²) < 4.78 is 1.98. The van der Waals surface area contributed by atoms with Gasteiger partial charge in [-0.3, -0.25) is 9.20 Å². The van der Waals surface area contributed by atoms with E-state index in [4.69, 9.17) is 4.98 Å². The first-order valence-electron chi connectivity index (χ1n) is 12.5. The molecule has 0 radical (unpaired) electrons. The third-order valence-electron chi connectivity index (χ3n) is 6.89. The fourth-order valence-corrected chi connectivity index (χ4v) is 5.08. The lowest BCUT2D eigenvalue weighted by molar-refractivity contribution is 0.0775. The highest BCUT2D eigenvalue weighted by Crippen LogP contribution is 2.34. The predicted octanol–water partition coefficient (Wildman–Crippen LogP) is 5.09. The lowest BCUT2D eigenvalue weighted by Crippen LogP contribution is -2.33. The van der Waals surface area contributed by atoms with E-state index in [-0.39, 0.29) is 5.91 Å². The van der Waals surface area contributed by atoms with E-state index in [9.17, 15) is 4.79 Å². The van der Waals surface area contributed by atoms with Gasteiger partial charge >= 0.3 is 0 Å². The number of pyridine rings is 2. The highest BCUT2D eigenvalue weighted by atomic mass is 16.2. The Morgan fingerprint density at radius 2 is 1.76 bits per heavy atom. The molecule has 1 N–H and O–H groups in total. The van der Waals surface area contributed by atoms with Gasteiger partial charge in [0.2, 0.25) is 0 Å². The van der Waals surface area contributed by atoms with Crippen LogP contribution in [0.1, 0.15) is 67.7 Å². The van der Waals surface area contributed by atoms with Crippen molar-refractivity contribution in [2.45, 2.75) is 58.4 Å². The Hall–Kier alpha value is -3.48. The van der Waals surface area contributed by atoms with E-state index in [0.717, 1.165) is 41.0 Å². The van der Waals surface area contributed by atoms with Gasteiger partial charge in [0.05, 0.1) is 5.69 Å². The zero-order chi connectivity index (χ0) is 23.5. The summed E-state index contributed by atoms with van der Waals surface area (Å²) in [4.78, 5) is 20.5.